The molecule has 2 heterocycles. The van der Waals surface area contributed by atoms with Crippen molar-refractivity contribution in [3.63, 3.8) is 0 Å². The number of carboxylic acid groups (broad SMARTS) is 1. The molecule has 0 unspecified atom stereocenters. The topological polar surface area (TPSA) is 255 Å². The lowest BCUT2D eigenvalue weighted by molar-refractivity contribution is -0.223. The van der Waals surface area contributed by atoms with E-state index in [0.717, 1.165) is 87.3 Å². The van der Waals surface area contributed by atoms with Gasteiger partial charge in [0.25, 0.3) is 0 Å². The van der Waals surface area contributed by atoms with Crippen molar-refractivity contribution in [1.29, 1.82) is 0 Å². The first-order chi connectivity index (χ1) is 51.7. The maximum Gasteiger partial charge on any atom is 0.519 e. The summed E-state index contributed by atoms with van der Waals surface area (Å²) < 4.78 is 51.3. The van der Waals surface area contributed by atoms with E-state index < -0.39 is 85.8 Å². The maximum atomic E-state index is 15.2. The number of benzene rings is 2. The highest BCUT2D eigenvalue weighted by Gasteiger charge is 2.75. The van der Waals surface area contributed by atoms with Crippen LogP contribution in [0.15, 0.2) is 137 Å². The molecule has 1 N–H and O–H groups in total. The Bertz CT molecular complexity index is 4350. The van der Waals surface area contributed by atoms with Crippen molar-refractivity contribution in [1.82, 2.24) is 0 Å². The Morgan fingerprint density at radius 1 is 0.509 bits per heavy atom. The number of aryl methyl sites for hydroxylation is 2. The van der Waals surface area contributed by atoms with E-state index in [0.29, 0.717) is 44.9 Å². The van der Waals surface area contributed by atoms with E-state index in [-0.39, 0.29) is 135 Å². The predicted molar refractivity (Wildman–Crippen MR) is 416 cm³/mol. The number of carbonyl (C=O) groups excluding carboxylic acids is 5. The van der Waals surface area contributed by atoms with Crippen LogP contribution in [0.1, 0.15) is 239 Å². The minimum Gasteiger partial charge on any atom is -0.481 e. The summed E-state index contributed by atoms with van der Waals surface area (Å²) in [5.74, 6) is -3.39. The number of carbonyl (C=O) groups is 6. The van der Waals surface area contributed by atoms with E-state index >= 15 is 4.79 Å². The zero-order valence-electron chi connectivity index (χ0n) is 67.1. The summed E-state index contributed by atoms with van der Waals surface area (Å²) in [7, 11) is 0. The Morgan fingerprint density at radius 3 is 1.25 bits per heavy atom. The molecule has 20 atom stereocenters. The first-order valence-corrected chi connectivity index (χ1v) is 41.0. The fraction of sp³-hybridized carbons (Fsp3) is 0.644. The Morgan fingerprint density at radius 2 is 0.882 bits per heavy atom. The third-order valence-corrected chi connectivity index (χ3v) is 31.8. The molecule has 2 aromatic heterocycles. The number of ketones is 2. The minimum atomic E-state index is -1.09. The van der Waals surface area contributed by atoms with E-state index in [4.69, 9.17) is 64.6 Å². The lowest BCUT2D eigenvalue weighted by Crippen LogP contribution is -2.68. The van der Waals surface area contributed by atoms with Crippen molar-refractivity contribution in [3.05, 3.63) is 165 Å². The normalized spacial score (nSPS) is 39.3. The van der Waals surface area contributed by atoms with E-state index in [1.807, 2.05) is 93.6 Å². The Labute approximate surface area is 658 Å². The first kappa shape index (κ1) is 82.6. The molecule has 0 spiro atoms. The van der Waals surface area contributed by atoms with Gasteiger partial charge >= 0.3 is 35.5 Å². The number of ether oxygens (including phenoxy) is 5. The molecule has 20 heteroatoms. The van der Waals surface area contributed by atoms with Gasteiger partial charge in [-0.3, -0.25) is 28.8 Å². The van der Waals surface area contributed by atoms with Crippen LogP contribution in [0.25, 0.3) is 0 Å². The molecule has 4 aromatic rings. The Balaban J connectivity index is 0.000000203. The highest BCUT2D eigenvalue weighted by Crippen LogP contribution is 2.78. The molecule has 0 bridgehead atoms. The molecule has 2 aromatic carbocycles. The van der Waals surface area contributed by atoms with E-state index in [2.05, 4.69) is 75.5 Å². The van der Waals surface area contributed by atoms with Gasteiger partial charge in [-0.1, -0.05) is 139 Å². The Hall–Kier alpha value is -6.86. The van der Waals surface area contributed by atoms with Crippen LogP contribution in [0.3, 0.4) is 0 Å². The van der Waals surface area contributed by atoms with Crippen molar-refractivity contribution in [3.8, 4) is 0 Å². The van der Waals surface area contributed by atoms with Gasteiger partial charge in [-0.05, 0) is 247 Å². The van der Waals surface area contributed by atoms with Gasteiger partial charge < -0.3 is 46.5 Å². The van der Waals surface area contributed by atoms with Crippen LogP contribution >= 0.6 is 23.2 Å². The fourth-order valence-electron chi connectivity index (χ4n) is 24.9. The van der Waals surface area contributed by atoms with Gasteiger partial charge in [0, 0.05) is 11.8 Å². The number of alkyl halides is 2. The van der Waals surface area contributed by atoms with Crippen LogP contribution in [-0.2, 0) is 65.7 Å². The van der Waals surface area contributed by atoms with E-state index in [9.17, 15) is 38.7 Å². The van der Waals surface area contributed by atoms with Gasteiger partial charge in [0.05, 0.1) is 52.4 Å². The van der Waals surface area contributed by atoms with Gasteiger partial charge in [-0.2, -0.15) is 0 Å². The fourth-order valence-corrected chi connectivity index (χ4v) is 24.9. The molecule has 598 valence electrons. The number of allylic oxidation sites excluding steroid dienone is 4. The minimum absolute atomic E-state index is 0.0275. The number of fused-ring (bicyclic) bond motifs is 14. The number of esters is 3. The molecule has 0 amide bonds. The summed E-state index contributed by atoms with van der Waals surface area (Å²) in [6, 6.07) is 19.9. The van der Waals surface area contributed by atoms with E-state index in [1.54, 1.807) is 26.0 Å². The molecule has 110 heavy (non-hydrogen) atoms. The average molecular weight is 1560 g/mol. The molecule has 14 rings (SSSR count). The molecule has 10 aliphatic rings. The number of halogens is 2. The first-order valence-electron chi connectivity index (χ1n) is 39.9. The number of hydrogen-bond acceptors (Lipinski definition) is 17. The van der Waals surface area contributed by atoms with Crippen LogP contribution in [0.4, 0.5) is 0 Å². The number of aliphatic carboxylic acids is 1. The third-order valence-electron chi connectivity index (χ3n) is 31.8. The second-order valence-electron chi connectivity index (χ2n) is 37.4. The quantitative estimate of drug-likeness (QED) is 0.0446. The number of rotatable bonds is 17. The highest BCUT2D eigenvalue weighted by atomic mass is 35.5. The van der Waals surface area contributed by atoms with Crippen molar-refractivity contribution in [2.24, 2.45) is 100 Å². The predicted octanol–water partition coefficient (Wildman–Crippen LogP) is 19.1. The standard InChI is InChI=1S/C51H62O9.C38H52O9.CH2Cl2/c1-9-28-56-40-21-22-48(5)39(51(40,8)44(54)57-31-38-32(2)58-45(55)59-38)20-23-50(7)42(48)37(52)29-35-36-30-47(4,25-24-46(36,3)26-27-49(35,50)6)43(53)60-41(33-16-12-10-13-17-33)34-18-14-11-15-19-34;1-9-18-44-28-11-12-35(5)27(38(28,8)31(42)45-21-26-22(2)46-32(43)47-26)10-13-37(7)29(35)25(39)19-23-24-20-34(4,30(40)41)15-14-33(24,3)16-17-36(23,37)6;2-1-3/h9-19,29,36,39-42H,1,20-28,30-31H2,2-8H3;9,19,24,27-29H,1,10-18,20-21H2,2-8H3,(H,40,41);1H2/t36-,39+,40-,42+,46+,47-,48-,49+,50+,51-;24-,27+,28-,29+,33+,34-,35-,36+,37+,38-;/m00./s1. The smallest absolute Gasteiger partial charge is 0.481 e. The Kier molecular flexibility index (Phi) is 22.6. The average Bonchev–Trinajstić information content (AvgIpc) is 0.725. The second kappa shape index (κ2) is 30.2. The molecule has 0 radical (unpaired) electrons. The van der Waals surface area contributed by atoms with Crippen molar-refractivity contribution >= 4 is 58.6 Å². The van der Waals surface area contributed by atoms with Crippen molar-refractivity contribution < 1.29 is 75.2 Å². The zero-order chi connectivity index (χ0) is 80.0. The molecule has 18 nitrogen and oxygen atoms in total. The largest absolute Gasteiger partial charge is 0.519 e. The van der Waals surface area contributed by atoms with Crippen LogP contribution in [0.2, 0.25) is 0 Å². The van der Waals surface area contributed by atoms with Crippen LogP contribution < -0.4 is 11.6 Å². The number of carboxylic acids is 1. The summed E-state index contributed by atoms with van der Waals surface area (Å²) in [5, 5.41) is 10.4. The summed E-state index contributed by atoms with van der Waals surface area (Å²) in [5.41, 5.74) is -1.95. The highest BCUT2D eigenvalue weighted by molar-refractivity contribution is 6.40. The second-order valence-corrected chi connectivity index (χ2v) is 38.2. The molecular formula is C90H116Cl2O18. The monoisotopic (exact) mass is 1550 g/mol. The summed E-state index contributed by atoms with van der Waals surface area (Å²) >= 11 is 9.53. The lowest BCUT2D eigenvalue weighted by Gasteiger charge is -2.70. The van der Waals surface area contributed by atoms with Crippen LogP contribution in [0, 0.1) is 114 Å². The molecule has 8 fully saturated rings. The van der Waals surface area contributed by atoms with Gasteiger partial charge in [0.15, 0.2) is 53.9 Å². The lowest BCUT2D eigenvalue weighted by atomic mass is 9.33. The number of hydrogen-bond donors (Lipinski definition) is 1. The van der Waals surface area contributed by atoms with Gasteiger partial charge in [-0.25, -0.2) is 9.59 Å². The van der Waals surface area contributed by atoms with Crippen molar-refractivity contribution in [2.75, 3.05) is 18.6 Å². The molecule has 0 saturated heterocycles. The van der Waals surface area contributed by atoms with Gasteiger partial charge in [-0.15, -0.1) is 36.4 Å². The third kappa shape index (κ3) is 13.4. The zero-order valence-corrected chi connectivity index (χ0v) is 68.6. The maximum absolute atomic E-state index is 15.2. The summed E-state index contributed by atoms with van der Waals surface area (Å²) in [4.78, 5) is 109. The summed E-state index contributed by atoms with van der Waals surface area (Å²) in [6.07, 6.45) is 19.6. The van der Waals surface area contributed by atoms with Gasteiger partial charge in [0.2, 0.25) is 0 Å². The van der Waals surface area contributed by atoms with E-state index in [1.165, 1.54) is 5.57 Å². The molecule has 0 aliphatic heterocycles. The van der Waals surface area contributed by atoms with Crippen LogP contribution in [-0.4, -0.2) is 71.3 Å². The molecular weight excluding hydrogens is 1440 g/mol. The van der Waals surface area contributed by atoms with Crippen molar-refractivity contribution in [2.45, 2.75) is 244 Å². The van der Waals surface area contributed by atoms with Gasteiger partial charge in [0.1, 0.15) is 0 Å². The molecule has 8 saturated carbocycles. The van der Waals surface area contributed by atoms with Crippen LogP contribution in [0.5, 0.6) is 0 Å². The SMILES string of the molecule is C=CCO[C@H]1CC[C@@]2(C)[C@@H](CC[C@]3(C)[C@@H]2C(=O)C=C2[C@@H]4C[C@@](C)(C(=O)O)CC[C@]4(C)CC[C@]23C)[C@]1(C)C(=O)OCc1oc(=O)oc1C.C=CCO[C@H]1CC[C@@]2(C)[C@@H](CC[C@]3(C)[C@@H]2C(=O)C=C2[C@@H]4C[C@@](C)(C(=O)OC(c5ccccc5)c5ccccc5)CC[C@]4(C)CC[C@]23C)[C@]1(C)C(=O)OCc1oc(=O)oc1C.ClCCl. The molecule has 10 aliphatic carbocycles. The summed E-state index contributed by atoms with van der Waals surface area (Å²) in [6.45, 7) is 37.2.